The summed E-state index contributed by atoms with van der Waals surface area (Å²) in [6.45, 7) is 0. The first-order valence-electron chi connectivity index (χ1n) is 20.9. The molecule has 5 nitrogen and oxygen atoms in total. The van der Waals surface area contributed by atoms with Gasteiger partial charge < -0.3 is 9.13 Å². The summed E-state index contributed by atoms with van der Waals surface area (Å²) in [5.41, 5.74) is 13.8. The summed E-state index contributed by atoms with van der Waals surface area (Å²) in [5, 5.41) is 4.86. The van der Waals surface area contributed by atoms with Crippen LogP contribution in [0.1, 0.15) is 0 Å². The Morgan fingerprint density at radius 1 is 0.242 bits per heavy atom. The Morgan fingerprint density at radius 2 is 0.677 bits per heavy atom. The van der Waals surface area contributed by atoms with Crippen molar-refractivity contribution in [3.8, 4) is 67.8 Å². The van der Waals surface area contributed by atoms with E-state index in [9.17, 15) is 0 Å². The Morgan fingerprint density at radius 3 is 1.31 bits per heavy atom. The molecule has 0 saturated carbocycles. The second-order valence-corrected chi connectivity index (χ2v) is 15.6. The minimum Gasteiger partial charge on any atom is -0.309 e. The Bertz CT molecular complexity index is 3570. The highest BCUT2D eigenvalue weighted by Crippen LogP contribution is 2.40. The average molecular weight is 792 g/mol. The van der Waals surface area contributed by atoms with Crippen molar-refractivity contribution in [2.75, 3.05) is 0 Å². The van der Waals surface area contributed by atoms with E-state index in [1.54, 1.807) is 0 Å². The Labute approximate surface area is 358 Å². The van der Waals surface area contributed by atoms with Gasteiger partial charge in [-0.15, -0.1) is 0 Å². The van der Waals surface area contributed by atoms with Gasteiger partial charge in [-0.2, -0.15) is 0 Å². The van der Waals surface area contributed by atoms with Crippen LogP contribution in [0.3, 0.4) is 0 Å². The molecular formula is C57H37N5. The van der Waals surface area contributed by atoms with E-state index < -0.39 is 0 Å². The van der Waals surface area contributed by atoms with Crippen LogP contribution in [-0.2, 0) is 0 Å². The third kappa shape index (κ3) is 5.98. The number of benzene rings is 9. The van der Waals surface area contributed by atoms with Crippen molar-refractivity contribution < 1.29 is 0 Å². The Balaban J connectivity index is 1.10. The average Bonchev–Trinajstić information content (AvgIpc) is 3.87. The van der Waals surface area contributed by atoms with E-state index in [2.05, 4.69) is 209 Å². The predicted octanol–water partition coefficient (Wildman–Crippen LogP) is 14.4. The highest BCUT2D eigenvalue weighted by atomic mass is 15.0. The minimum absolute atomic E-state index is 0.603. The normalized spacial score (nSPS) is 11.5. The fourth-order valence-electron chi connectivity index (χ4n) is 9.11. The first-order chi connectivity index (χ1) is 30.7. The van der Waals surface area contributed by atoms with Gasteiger partial charge in [0.15, 0.2) is 17.5 Å². The monoisotopic (exact) mass is 791 g/mol. The van der Waals surface area contributed by atoms with Crippen molar-refractivity contribution in [3.05, 3.63) is 224 Å². The molecule has 9 aromatic carbocycles. The number of hydrogen-bond donors (Lipinski definition) is 0. The van der Waals surface area contributed by atoms with E-state index in [1.165, 1.54) is 32.6 Å². The van der Waals surface area contributed by atoms with Gasteiger partial charge >= 0.3 is 0 Å². The first-order valence-corrected chi connectivity index (χ1v) is 20.9. The highest BCUT2D eigenvalue weighted by molar-refractivity contribution is 6.12. The molecule has 12 aromatic rings. The van der Waals surface area contributed by atoms with Crippen molar-refractivity contribution in [1.82, 2.24) is 24.1 Å². The molecule has 62 heavy (non-hydrogen) atoms. The van der Waals surface area contributed by atoms with Crippen molar-refractivity contribution in [2.45, 2.75) is 0 Å². The van der Waals surface area contributed by atoms with Crippen LogP contribution in [0.25, 0.3) is 111 Å². The van der Waals surface area contributed by atoms with E-state index in [4.69, 9.17) is 15.0 Å². The van der Waals surface area contributed by atoms with E-state index in [1.807, 2.05) is 24.3 Å². The van der Waals surface area contributed by atoms with Crippen LogP contribution in [0.4, 0.5) is 0 Å². The van der Waals surface area contributed by atoms with Crippen LogP contribution in [-0.4, -0.2) is 24.1 Å². The summed E-state index contributed by atoms with van der Waals surface area (Å²) in [7, 11) is 0. The van der Waals surface area contributed by atoms with E-state index in [0.717, 1.165) is 61.4 Å². The lowest BCUT2D eigenvalue weighted by Gasteiger charge is -2.16. The fraction of sp³-hybridized carbons (Fsp3) is 0. The molecule has 0 fully saturated rings. The van der Waals surface area contributed by atoms with E-state index in [-0.39, 0.29) is 0 Å². The molecule has 0 N–H and O–H groups in total. The van der Waals surface area contributed by atoms with Gasteiger partial charge in [0.1, 0.15) is 0 Å². The molecule has 0 amide bonds. The quantitative estimate of drug-likeness (QED) is 0.162. The largest absolute Gasteiger partial charge is 0.309 e. The summed E-state index contributed by atoms with van der Waals surface area (Å²) in [4.78, 5) is 15.8. The Hall–Kier alpha value is -8.41. The molecule has 0 radical (unpaired) electrons. The zero-order valence-corrected chi connectivity index (χ0v) is 33.6. The standard InChI is InChI=1S/C57H37N5/c1-4-17-38(18-5-1)41-23-16-24-42(35-41)56-58-55(40-21-8-3-9-22-40)59-57(60-56)50-36-43(31-33-45(50)39-19-6-2-7-20-39)62-53-30-15-12-27-48(53)49-34-32-44(37-54(49)62)61-51-28-13-10-25-46(51)47-26-11-14-29-52(47)61/h1-37H. The van der Waals surface area contributed by atoms with Gasteiger partial charge in [0.2, 0.25) is 0 Å². The van der Waals surface area contributed by atoms with Crippen molar-refractivity contribution >= 4 is 43.6 Å². The van der Waals surface area contributed by atoms with Crippen molar-refractivity contribution in [3.63, 3.8) is 0 Å². The number of fused-ring (bicyclic) bond motifs is 6. The lowest BCUT2D eigenvalue weighted by molar-refractivity contribution is 1.07. The molecule has 0 unspecified atom stereocenters. The number of aromatic nitrogens is 5. The summed E-state index contributed by atoms with van der Waals surface area (Å²) >= 11 is 0. The Kier molecular flexibility index (Phi) is 8.42. The number of hydrogen-bond acceptors (Lipinski definition) is 3. The second kappa shape index (κ2) is 14.7. The molecule has 3 aromatic heterocycles. The minimum atomic E-state index is 0.603. The summed E-state index contributed by atoms with van der Waals surface area (Å²) in [6.07, 6.45) is 0. The van der Waals surface area contributed by atoms with Gasteiger partial charge in [0.25, 0.3) is 0 Å². The zero-order valence-electron chi connectivity index (χ0n) is 33.6. The summed E-state index contributed by atoms with van der Waals surface area (Å²) < 4.78 is 4.78. The van der Waals surface area contributed by atoms with Gasteiger partial charge in [-0.1, -0.05) is 176 Å². The maximum atomic E-state index is 5.34. The van der Waals surface area contributed by atoms with Gasteiger partial charge in [-0.25, -0.2) is 15.0 Å². The van der Waals surface area contributed by atoms with Crippen LogP contribution in [0.2, 0.25) is 0 Å². The molecule has 0 aliphatic heterocycles. The predicted molar refractivity (Wildman–Crippen MR) is 256 cm³/mol. The fourth-order valence-corrected chi connectivity index (χ4v) is 9.11. The lowest BCUT2D eigenvalue weighted by atomic mass is 9.98. The third-order valence-electron chi connectivity index (χ3n) is 12.0. The molecule has 0 aliphatic rings. The molecule has 0 atom stereocenters. The van der Waals surface area contributed by atoms with Gasteiger partial charge in [0, 0.05) is 49.6 Å². The molecular weight excluding hydrogens is 755 g/mol. The van der Waals surface area contributed by atoms with Gasteiger partial charge in [0.05, 0.1) is 22.1 Å². The van der Waals surface area contributed by atoms with Crippen LogP contribution in [0, 0.1) is 0 Å². The molecule has 3 heterocycles. The van der Waals surface area contributed by atoms with Crippen LogP contribution in [0.5, 0.6) is 0 Å². The highest BCUT2D eigenvalue weighted by Gasteiger charge is 2.20. The molecule has 0 bridgehead atoms. The number of rotatable bonds is 7. The molecule has 12 rings (SSSR count). The zero-order chi connectivity index (χ0) is 41.0. The lowest BCUT2D eigenvalue weighted by Crippen LogP contribution is -2.03. The third-order valence-corrected chi connectivity index (χ3v) is 12.0. The maximum absolute atomic E-state index is 5.34. The first kappa shape index (κ1) is 35.5. The summed E-state index contributed by atoms with van der Waals surface area (Å²) in [6, 6.07) is 79.3. The smallest absolute Gasteiger partial charge is 0.164 e. The molecule has 290 valence electrons. The van der Waals surface area contributed by atoms with Crippen LogP contribution < -0.4 is 0 Å². The SMILES string of the molecule is c1ccc(-c2cccc(-c3nc(-c4ccccc4)nc(-c4cc(-n5c6ccccc6c6ccc(-n7c8ccccc8c8ccccc87)cc65)ccc4-c4ccccc4)n3)c2)cc1. The molecule has 0 aliphatic carbocycles. The second-order valence-electron chi connectivity index (χ2n) is 15.6. The maximum Gasteiger partial charge on any atom is 0.164 e. The van der Waals surface area contributed by atoms with E-state index >= 15 is 0 Å². The van der Waals surface area contributed by atoms with Crippen LogP contribution >= 0.6 is 0 Å². The van der Waals surface area contributed by atoms with Gasteiger partial charge in [-0.3, -0.25) is 0 Å². The number of nitrogens with zero attached hydrogens (tertiary/aromatic N) is 5. The van der Waals surface area contributed by atoms with Crippen LogP contribution in [0.15, 0.2) is 224 Å². The molecule has 5 heteroatoms. The topological polar surface area (TPSA) is 48.5 Å². The van der Waals surface area contributed by atoms with Crippen molar-refractivity contribution in [2.24, 2.45) is 0 Å². The van der Waals surface area contributed by atoms with Gasteiger partial charge in [-0.05, 0) is 70.8 Å². The molecule has 0 saturated heterocycles. The molecule has 0 spiro atoms. The van der Waals surface area contributed by atoms with Crippen molar-refractivity contribution in [1.29, 1.82) is 0 Å². The number of para-hydroxylation sites is 3. The van der Waals surface area contributed by atoms with E-state index in [0.29, 0.717) is 17.5 Å². The summed E-state index contributed by atoms with van der Waals surface area (Å²) in [5.74, 6) is 1.84.